The smallest absolute Gasteiger partial charge is 0.446 e. The van der Waals surface area contributed by atoms with Gasteiger partial charge in [-0.2, -0.15) is 23.7 Å². The predicted molar refractivity (Wildman–Crippen MR) is 87.9 cm³/mol. The van der Waals surface area contributed by atoms with Crippen molar-refractivity contribution in [2.45, 2.75) is 28.9 Å². The van der Waals surface area contributed by atoms with Gasteiger partial charge < -0.3 is 9.84 Å². The van der Waals surface area contributed by atoms with Crippen molar-refractivity contribution in [2.75, 3.05) is 0 Å². The van der Waals surface area contributed by atoms with E-state index in [9.17, 15) is 31.4 Å². The Hall–Kier alpha value is -2.89. The summed E-state index contributed by atoms with van der Waals surface area (Å²) in [5.41, 5.74) is -6.64. The number of aliphatic hydroxyl groups excluding tert-OH is 1. The van der Waals surface area contributed by atoms with Crippen molar-refractivity contribution in [3.05, 3.63) is 52.3 Å². The highest BCUT2D eigenvalue weighted by Crippen LogP contribution is 2.53. The first-order valence-corrected chi connectivity index (χ1v) is 8.57. The van der Waals surface area contributed by atoms with E-state index in [1.165, 1.54) is 0 Å². The van der Waals surface area contributed by atoms with Crippen LogP contribution in [0.1, 0.15) is 28.4 Å². The van der Waals surface area contributed by atoms with Crippen LogP contribution in [0.5, 0.6) is 11.5 Å². The monoisotopic (exact) mass is 430 g/mol. The molecule has 4 nitrogen and oxygen atoms in total. The molecular formula is C18H8F6N2O2S. The molecular weight excluding hydrogens is 422 g/mol. The number of alkyl halides is 5. The zero-order valence-electron chi connectivity index (χ0n) is 14.0. The standard InChI is InChI=1S/C18H8F6N2O2S/c19-10-3-8(6-25)15(9(4-10)7-26)28-12-1-2-13(29-18(22,23)24)14-11(12)5-17(20,21)16(14)27/h1-4,16,27H,5H2. The van der Waals surface area contributed by atoms with Gasteiger partial charge in [0.25, 0.3) is 5.92 Å². The lowest BCUT2D eigenvalue weighted by Crippen LogP contribution is -2.21. The highest BCUT2D eigenvalue weighted by molar-refractivity contribution is 8.00. The van der Waals surface area contributed by atoms with Gasteiger partial charge in [-0.25, -0.2) is 13.2 Å². The molecule has 0 saturated carbocycles. The van der Waals surface area contributed by atoms with Gasteiger partial charge in [0.15, 0.2) is 5.75 Å². The maximum absolute atomic E-state index is 14.1. The second-order valence-electron chi connectivity index (χ2n) is 6.00. The minimum Gasteiger partial charge on any atom is -0.454 e. The second-order valence-corrected chi connectivity index (χ2v) is 7.10. The summed E-state index contributed by atoms with van der Waals surface area (Å²) in [4.78, 5) is -0.621. The first kappa shape index (κ1) is 20.8. The van der Waals surface area contributed by atoms with Crippen LogP contribution in [0.4, 0.5) is 26.3 Å². The van der Waals surface area contributed by atoms with Crippen LogP contribution >= 0.6 is 11.8 Å². The topological polar surface area (TPSA) is 77.0 Å². The second kappa shape index (κ2) is 7.17. The number of benzene rings is 2. The molecule has 0 aliphatic heterocycles. The Kier molecular flexibility index (Phi) is 5.15. The van der Waals surface area contributed by atoms with E-state index in [-0.39, 0.29) is 5.75 Å². The third-order valence-corrected chi connectivity index (χ3v) is 4.90. The molecule has 0 aromatic heterocycles. The number of fused-ring (bicyclic) bond motifs is 1. The molecule has 0 saturated heterocycles. The molecule has 0 amide bonds. The first-order chi connectivity index (χ1) is 13.5. The third-order valence-electron chi connectivity index (χ3n) is 4.09. The molecule has 0 radical (unpaired) electrons. The van der Waals surface area contributed by atoms with Gasteiger partial charge in [-0.15, -0.1) is 0 Å². The Bertz CT molecular complexity index is 1040. The minimum atomic E-state index is -4.79. The van der Waals surface area contributed by atoms with Crippen LogP contribution in [0.3, 0.4) is 0 Å². The fourth-order valence-electron chi connectivity index (χ4n) is 2.94. The molecule has 1 unspecified atom stereocenters. The molecule has 0 heterocycles. The average molecular weight is 430 g/mol. The Morgan fingerprint density at radius 3 is 2.24 bits per heavy atom. The van der Waals surface area contributed by atoms with Crippen molar-refractivity contribution in [3.63, 3.8) is 0 Å². The van der Waals surface area contributed by atoms with Crippen molar-refractivity contribution < 1.29 is 36.2 Å². The summed E-state index contributed by atoms with van der Waals surface area (Å²) in [6.45, 7) is 0. The van der Waals surface area contributed by atoms with E-state index in [0.717, 1.165) is 24.3 Å². The van der Waals surface area contributed by atoms with Crippen LogP contribution < -0.4 is 4.74 Å². The lowest BCUT2D eigenvalue weighted by atomic mass is 10.1. The van der Waals surface area contributed by atoms with Gasteiger partial charge in [0, 0.05) is 22.4 Å². The number of thioether (sulfide) groups is 1. The number of hydrogen-bond acceptors (Lipinski definition) is 5. The summed E-state index contributed by atoms with van der Waals surface area (Å²) in [5, 5.41) is 28.1. The van der Waals surface area contributed by atoms with E-state index in [4.69, 9.17) is 15.3 Å². The fraction of sp³-hybridized carbons (Fsp3) is 0.222. The van der Waals surface area contributed by atoms with Crippen molar-refractivity contribution >= 4 is 11.8 Å². The summed E-state index contributed by atoms with van der Waals surface area (Å²) >= 11 is -0.660. The van der Waals surface area contributed by atoms with Crippen LogP contribution in [0.2, 0.25) is 0 Å². The molecule has 1 aliphatic rings. The molecule has 29 heavy (non-hydrogen) atoms. The molecule has 0 fully saturated rings. The predicted octanol–water partition coefficient (Wildman–Crippen LogP) is 5.20. The normalized spacial score (nSPS) is 17.3. The number of rotatable bonds is 3. The summed E-state index contributed by atoms with van der Waals surface area (Å²) in [7, 11) is 0. The zero-order chi connectivity index (χ0) is 21.6. The molecule has 3 rings (SSSR count). The molecule has 11 heteroatoms. The molecule has 2 aromatic rings. The van der Waals surface area contributed by atoms with Gasteiger partial charge in [0.05, 0.1) is 11.1 Å². The summed E-state index contributed by atoms with van der Waals surface area (Å²) in [5.74, 6) is -5.46. The van der Waals surface area contributed by atoms with Crippen LogP contribution in [-0.4, -0.2) is 16.5 Å². The lowest BCUT2D eigenvalue weighted by molar-refractivity contribution is -0.0977. The van der Waals surface area contributed by atoms with E-state index in [1.54, 1.807) is 12.1 Å². The number of halogens is 6. The SMILES string of the molecule is N#Cc1cc(F)cc(C#N)c1Oc1ccc(SC(F)(F)F)c2c1CC(F)(F)C2O. The lowest BCUT2D eigenvalue weighted by Gasteiger charge is -2.17. The average Bonchev–Trinajstić information content (AvgIpc) is 2.86. The molecule has 1 N–H and O–H groups in total. The van der Waals surface area contributed by atoms with E-state index in [1.807, 2.05) is 0 Å². The first-order valence-electron chi connectivity index (χ1n) is 7.76. The Labute approximate surface area is 163 Å². The van der Waals surface area contributed by atoms with Gasteiger partial charge >= 0.3 is 5.51 Å². The maximum atomic E-state index is 14.1. The van der Waals surface area contributed by atoms with Crippen molar-refractivity contribution in [1.82, 2.24) is 0 Å². The number of ether oxygens (including phenoxy) is 1. The van der Waals surface area contributed by atoms with E-state index >= 15 is 0 Å². The zero-order valence-corrected chi connectivity index (χ0v) is 14.8. The van der Waals surface area contributed by atoms with Crippen LogP contribution in [0.25, 0.3) is 0 Å². The molecule has 2 aromatic carbocycles. The highest BCUT2D eigenvalue weighted by atomic mass is 32.2. The maximum Gasteiger partial charge on any atom is 0.446 e. The highest BCUT2D eigenvalue weighted by Gasteiger charge is 2.50. The Morgan fingerprint density at radius 1 is 1.14 bits per heavy atom. The van der Waals surface area contributed by atoms with E-state index in [2.05, 4.69) is 0 Å². The van der Waals surface area contributed by atoms with Crippen molar-refractivity contribution in [2.24, 2.45) is 0 Å². The largest absolute Gasteiger partial charge is 0.454 e. The molecule has 1 atom stereocenters. The summed E-state index contributed by atoms with van der Waals surface area (Å²) < 4.78 is 85.3. The number of nitrogens with zero attached hydrogens (tertiary/aromatic N) is 2. The van der Waals surface area contributed by atoms with Crippen molar-refractivity contribution in [1.29, 1.82) is 10.5 Å². The molecule has 150 valence electrons. The van der Waals surface area contributed by atoms with Gasteiger partial charge in [0.1, 0.15) is 29.8 Å². The number of aliphatic hydroxyl groups is 1. The molecule has 1 aliphatic carbocycles. The van der Waals surface area contributed by atoms with E-state index < -0.39 is 74.4 Å². The van der Waals surface area contributed by atoms with Gasteiger partial charge in [0.2, 0.25) is 0 Å². The van der Waals surface area contributed by atoms with Gasteiger partial charge in [-0.1, -0.05) is 0 Å². The molecule has 0 spiro atoms. The molecule has 0 bridgehead atoms. The Morgan fingerprint density at radius 2 is 1.72 bits per heavy atom. The number of nitriles is 2. The van der Waals surface area contributed by atoms with Gasteiger partial charge in [-0.05, 0) is 36.0 Å². The van der Waals surface area contributed by atoms with Crippen LogP contribution in [0, 0.1) is 28.5 Å². The van der Waals surface area contributed by atoms with Crippen molar-refractivity contribution in [3.8, 4) is 23.6 Å². The summed E-state index contributed by atoms with van der Waals surface area (Å²) in [6, 6.07) is 6.53. The van der Waals surface area contributed by atoms with Crippen LogP contribution in [-0.2, 0) is 6.42 Å². The summed E-state index contributed by atoms with van der Waals surface area (Å²) in [6.07, 6.45) is -3.61. The van der Waals surface area contributed by atoms with Crippen LogP contribution in [0.15, 0.2) is 29.2 Å². The van der Waals surface area contributed by atoms with Gasteiger partial charge in [-0.3, -0.25) is 0 Å². The van der Waals surface area contributed by atoms with E-state index in [0.29, 0.717) is 0 Å². The minimum absolute atomic E-state index is 0.373. The third kappa shape index (κ3) is 3.97. The quantitative estimate of drug-likeness (QED) is 0.535. The number of hydrogen-bond donors (Lipinski definition) is 1. The Balaban J connectivity index is 2.15. The fourth-order valence-corrected chi connectivity index (χ4v) is 3.67.